The van der Waals surface area contributed by atoms with Gasteiger partial charge in [0.15, 0.2) is 0 Å². The monoisotopic (exact) mass is 723 g/mol. The molecule has 1 aliphatic heterocycles. The Bertz CT molecular complexity index is 1360. The smallest absolute Gasteiger partial charge is 0.306 e. The molecule has 10 nitrogen and oxygen atoms in total. The van der Waals surface area contributed by atoms with Gasteiger partial charge in [-0.05, 0) is 91.3 Å². The number of hydrogen-bond acceptors (Lipinski definition) is 7. The van der Waals surface area contributed by atoms with Gasteiger partial charge in [-0.15, -0.1) is 0 Å². The van der Waals surface area contributed by atoms with Gasteiger partial charge in [0, 0.05) is 51.0 Å². The zero-order chi connectivity index (χ0) is 37.5. The van der Waals surface area contributed by atoms with E-state index >= 15 is 0 Å². The van der Waals surface area contributed by atoms with Crippen molar-refractivity contribution in [3.05, 3.63) is 23.8 Å². The van der Waals surface area contributed by atoms with Crippen molar-refractivity contribution in [2.75, 3.05) is 32.8 Å². The average molecular weight is 724 g/mol. The predicted octanol–water partition coefficient (Wildman–Crippen LogP) is 6.28. The molecule has 52 heavy (non-hydrogen) atoms. The summed E-state index contributed by atoms with van der Waals surface area (Å²) in [6.07, 6.45) is 18.5. The first-order chi connectivity index (χ1) is 24.8. The third-order valence-corrected chi connectivity index (χ3v) is 13.7. The fourth-order valence-electron chi connectivity index (χ4n) is 10.9. The van der Waals surface area contributed by atoms with Gasteiger partial charge < -0.3 is 20.1 Å². The van der Waals surface area contributed by atoms with Gasteiger partial charge >= 0.3 is 5.97 Å². The molecule has 3 fully saturated rings. The largest absolute Gasteiger partial charge is 0.462 e. The number of nitrogens with zero attached hydrogens (tertiary/aromatic N) is 1. The quantitative estimate of drug-likeness (QED) is 0.0737. The molecule has 5 aliphatic rings. The van der Waals surface area contributed by atoms with E-state index in [0.29, 0.717) is 12.0 Å². The number of carbonyl (C=O) groups excluding carboxylic acids is 5. The van der Waals surface area contributed by atoms with Crippen molar-refractivity contribution in [2.24, 2.45) is 46.3 Å². The van der Waals surface area contributed by atoms with Gasteiger partial charge in [0.2, 0.25) is 11.8 Å². The molecule has 0 aromatic rings. The molecule has 0 spiro atoms. The number of ether oxygens (including phenoxy) is 2. The van der Waals surface area contributed by atoms with Crippen LogP contribution in [0, 0.1) is 46.3 Å². The van der Waals surface area contributed by atoms with Crippen molar-refractivity contribution < 1.29 is 33.4 Å². The Hall–Kier alpha value is -3.01. The van der Waals surface area contributed by atoms with E-state index in [1.165, 1.54) is 69.1 Å². The summed E-state index contributed by atoms with van der Waals surface area (Å²) in [5, 5.41) is 5.44. The molecule has 5 rings (SSSR count). The Morgan fingerprint density at radius 3 is 2.25 bits per heavy atom. The van der Waals surface area contributed by atoms with E-state index < -0.39 is 11.8 Å². The van der Waals surface area contributed by atoms with Crippen LogP contribution < -0.4 is 10.6 Å². The molecule has 8 atom stereocenters. The molecule has 0 saturated heterocycles. The highest BCUT2D eigenvalue weighted by molar-refractivity contribution is 6.13. The van der Waals surface area contributed by atoms with E-state index in [0.717, 1.165) is 59.7 Å². The Kier molecular flexibility index (Phi) is 13.8. The van der Waals surface area contributed by atoms with Crippen LogP contribution >= 0.6 is 0 Å². The zero-order valence-electron chi connectivity index (χ0n) is 32.5. The average Bonchev–Trinajstić information content (AvgIpc) is 3.63. The summed E-state index contributed by atoms with van der Waals surface area (Å²) in [5.74, 6) is 3.17. The fraction of sp³-hybridized carbons (Fsp3) is 0.786. The molecule has 0 aromatic carbocycles. The van der Waals surface area contributed by atoms with Crippen LogP contribution in [0.3, 0.4) is 0 Å². The van der Waals surface area contributed by atoms with E-state index in [4.69, 9.17) is 9.47 Å². The normalized spacial score (nSPS) is 31.5. The van der Waals surface area contributed by atoms with Gasteiger partial charge in [-0.25, -0.2) is 0 Å². The fourth-order valence-corrected chi connectivity index (χ4v) is 10.9. The van der Waals surface area contributed by atoms with Crippen LogP contribution in [0.1, 0.15) is 125 Å². The first kappa shape index (κ1) is 40.2. The van der Waals surface area contributed by atoms with Crippen LogP contribution in [0.5, 0.6) is 0 Å². The van der Waals surface area contributed by atoms with Gasteiger partial charge in [0.05, 0.1) is 19.6 Å². The maximum atomic E-state index is 12.8. The predicted molar refractivity (Wildman–Crippen MR) is 199 cm³/mol. The lowest BCUT2D eigenvalue weighted by atomic mass is 9.47. The molecular weight excluding hydrogens is 658 g/mol. The number of imide groups is 1. The molecule has 10 heteroatoms. The molecule has 4 amide bonds. The summed E-state index contributed by atoms with van der Waals surface area (Å²) < 4.78 is 11.4. The SMILES string of the molecule is CC(C)CCCC(C)C1CCC2C3CC=C4CC(OC(=O)CCC(=O)NCCOCCNC(=O)CCN5C(=O)C=CC5=O)CCC4(C)C3CCC12C. The van der Waals surface area contributed by atoms with E-state index in [1.54, 1.807) is 0 Å². The number of fused-ring (bicyclic) bond motifs is 5. The lowest BCUT2D eigenvalue weighted by Crippen LogP contribution is -2.51. The molecule has 3 saturated carbocycles. The van der Waals surface area contributed by atoms with Gasteiger partial charge in [-0.3, -0.25) is 28.9 Å². The lowest BCUT2D eigenvalue weighted by Gasteiger charge is -2.58. The zero-order valence-corrected chi connectivity index (χ0v) is 32.5. The van der Waals surface area contributed by atoms with Crippen LogP contribution in [0.25, 0.3) is 0 Å². The molecule has 8 unspecified atom stereocenters. The van der Waals surface area contributed by atoms with E-state index in [1.807, 2.05) is 0 Å². The van der Waals surface area contributed by atoms with Crippen LogP contribution in [-0.4, -0.2) is 73.4 Å². The van der Waals surface area contributed by atoms with Crippen LogP contribution in [0.15, 0.2) is 23.8 Å². The van der Waals surface area contributed by atoms with E-state index in [2.05, 4.69) is 51.3 Å². The van der Waals surface area contributed by atoms with Crippen molar-refractivity contribution in [2.45, 2.75) is 131 Å². The summed E-state index contributed by atoms with van der Waals surface area (Å²) in [6.45, 7) is 13.5. The molecule has 0 radical (unpaired) electrons. The second kappa shape index (κ2) is 17.9. The Morgan fingerprint density at radius 1 is 0.865 bits per heavy atom. The molecule has 0 bridgehead atoms. The number of rotatable bonds is 18. The summed E-state index contributed by atoms with van der Waals surface area (Å²) in [7, 11) is 0. The van der Waals surface area contributed by atoms with Crippen LogP contribution in [0.4, 0.5) is 0 Å². The van der Waals surface area contributed by atoms with Crippen molar-refractivity contribution in [3.63, 3.8) is 0 Å². The Morgan fingerprint density at radius 2 is 1.56 bits per heavy atom. The topological polar surface area (TPSA) is 131 Å². The minimum atomic E-state index is -0.410. The summed E-state index contributed by atoms with van der Waals surface area (Å²) in [5.41, 5.74) is 2.19. The van der Waals surface area contributed by atoms with Gasteiger partial charge in [-0.2, -0.15) is 0 Å². The molecule has 2 N–H and O–H groups in total. The minimum Gasteiger partial charge on any atom is -0.462 e. The third-order valence-electron chi connectivity index (χ3n) is 13.7. The lowest BCUT2D eigenvalue weighted by molar-refractivity contribution is -0.152. The third kappa shape index (κ3) is 9.55. The van der Waals surface area contributed by atoms with Crippen molar-refractivity contribution in [3.8, 4) is 0 Å². The van der Waals surface area contributed by atoms with E-state index in [9.17, 15) is 24.0 Å². The van der Waals surface area contributed by atoms with Crippen molar-refractivity contribution >= 4 is 29.6 Å². The maximum absolute atomic E-state index is 12.8. The minimum absolute atomic E-state index is 0.0231. The standard InChI is InChI=1S/C42H65N3O7/c1-28(2)7-6-8-29(3)33-11-12-34-32-10-9-30-27-31(17-20-41(30,4)35(32)18-21-42(33,34)5)52-40(50)16-13-36(46)43-22-25-51-26-23-44-37(47)19-24-45-38(48)14-15-39(45)49/h9,14-15,28-29,31-35H,6-8,10-13,16-27H2,1-5H3,(H,43,46)(H,44,47). The molecule has 0 aromatic heterocycles. The van der Waals surface area contributed by atoms with E-state index in [-0.39, 0.29) is 74.9 Å². The Balaban J connectivity index is 0.956. The number of carbonyl (C=O) groups is 5. The molecule has 290 valence electrons. The maximum Gasteiger partial charge on any atom is 0.306 e. The van der Waals surface area contributed by atoms with Gasteiger partial charge in [0.25, 0.3) is 11.8 Å². The molecule has 1 heterocycles. The highest BCUT2D eigenvalue weighted by Gasteiger charge is 2.59. The number of hydrogen-bond donors (Lipinski definition) is 2. The second-order valence-electron chi connectivity index (χ2n) is 17.4. The number of nitrogens with one attached hydrogen (secondary N) is 2. The van der Waals surface area contributed by atoms with Gasteiger partial charge in [-0.1, -0.05) is 65.5 Å². The first-order valence-corrected chi connectivity index (χ1v) is 20.4. The highest BCUT2D eigenvalue weighted by Crippen LogP contribution is 2.67. The number of allylic oxidation sites excluding steroid dienone is 1. The molecule has 4 aliphatic carbocycles. The second-order valence-corrected chi connectivity index (χ2v) is 17.4. The van der Waals surface area contributed by atoms with Crippen LogP contribution in [-0.2, 0) is 33.4 Å². The summed E-state index contributed by atoms with van der Waals surface area (Å²) in [4.78, 5) is 61.1. The summed E-state index contributed by atoms with van der Waals surface area (Å²) in [6, 6.07) is 0. The summed E-state index contributed by atoms with van der Waals surface area (Å²) >= 11 is 0. The Labute approximate surface area is 311 Å². The highest BCUT2D eigenvalue weighted by atomic mass is 16.5. The van der Waals surface area contributed by atoms with Gasteiger partial charge in [0.1, 0.15) is 6.10 Å². The number of amides is 4. The first-order valence-electron chi connectivity index (χ1n) is 20.4. The number of esters is 1. The molecular formula is C42H65N3O7. The van der Waals surface area contributed by atoms with Crippen LogP contribution in [0.2, 0.25) is 0 Å². The van der Waals surface area contributed by atoms with Crippen molar-refractivity contribution in [1.82, 2.24) is 15.5 Å². The van der Waals surface area contributed by atoms with Crippen molar-refractivity contribution in [1.29, 1.82) is 0 Å².